The van der Waals surface area contributed by atoms with E-state index in [0.29, 0.717) is 28.1 Å². The fourth-order valence-corrected chi connectivity index (χ4v) is 4.25. The summed E-state index contributed by atoms with van der Waals surface area (Å²) >= 11 is 6.91. The first kappa shape index (κ1) is 25.5. The average molecular weight is 620 g/mol. The molecule has 11 heteroatoms. The van der Waals surface area contributed by atoms with Crippen molar-refractivity contribution in [2.75, 3.05) is 14.2 Å². The first-order chi connectivity index (χ1) is 17.3. The van der Waals surface area contributed by atoms with Crippen LogP contribution in [0.3, 0.4) is 0 Å². The lowest BCUT2D eigenvalue weighted by Crippen LogP contribution is -2.30. The number of methoxy groups -OCH3 is 2. The Balaban J connectivity index is 1.50. The number of carbonyl (C=O) groups excluding carboxylic acids is 3. The molecule has 36 heavy (non-hydrogen) atoms. The van der Waals surface area contributed by atoms with E-state index in [0.717, 1.165) is 14.9 Å². The van der Waals surface area contributed by atoms with Gasteiger partial charge < -0.3 is 23.9 Å². The SMILES string of the molecule is COC(=O)c1ccc(CN2C(=O)N/C(=C\c3cc(Br)c(OCc4ccc(Br)cc4)c(OC)c3)C2=O)o1. The van der Waals surface area contributed by atoms with Gasteiger partial charge in [-0.3, -0.25) is 9.69 Å². The number of nitrogens with one attached hydrogen (secondary N) is 1. The van der Waals surface area contributed by atoms with Gasteiger partial charge in [-0.05, 0) is 69.5 Å². The summed E-state index contributed by atoms with van der Waals surface area (Å²) < 4.78 is 23.0. The van der Waals surface area contributed by atoms with Gasteiger partial charge in [0.25, 0.3) is 5.91 Å². The van der Waals surface area contributed by atoms with Crippen LogP contribution in [0.15, 0.2) is 67.6 Å². The van der Waals surface area contributed by atoms with Crippen LogP contribution < -0.4 is 14.8 Å². The number of amides is 3. The van der Waals surface area contributed by atoms with Crippen molar-refractivity contribution < 1.29 is 33.0 Å². The lowest BCUT2D eigenvalue weighted by Gasteiger charge is -2.14. The maximum Gasteiger partial charge on any atom is 0.373 e. The highest BCUT2D eigenvalue weighted by atomic mass is 79.9. The van der Waals surface area contributed by atoms with Crippen molar-refractivity contribution in [3.63, 3.8) is 0 Å². The number of hydrogen-bond acceptors (Lipinski definition) is 7. The van der Waals surface area contributed by atoms with E-state index >= 15 is 0 Å². The summed E-state index contributed by atoms with van der Waals surface area (Å²) in [5, 5.41) is 2.56. The summed E-state index contributed by atoms with van der Waals surface area (Å²) in [5.41, 5.74) is 1.66. The molecule has 0 unspecified atom stereocenters. The van der Waals surface area contributed by atoms with E-state index in [2.05, 4.69) is 41.9 Å². The van der Waals surface area contributed by atoms with Crippen molar-refractivity contribution in [3.8, 4) is 11.5 Å². The average Bonchev–Trinajstić information content (AvgIpc) is 3.44. The van der Waals surface area contributed by atoms with E-state index in [-0.39, 0.29) is 23.8 Å². The second-order valence-corrected chi connectivity index (χ2v) is 9.36. The van der Waals surface area contributed by atoms with Gasteiger partial charge in [0.1, 0.15) is 18.1 Å². The summed E-state index contributed by atoms with van der Waals surface area (Å²) in [6.07, 6.45) is 1.54. The van der Waals surface area contributed by atoms with Gasteiger partial charge in [0.05, 0.1) is 25.2 Å². The summed E-state index contributed by atoms with van der Waals surface area (Å²) in [7, 11) is 2.74. The molecule has 186 valence electrons. The quantitative estimate of drug-likeness (QED) is 0.208. The van der Waals surface area contributed by atoms with Crippen molar-refractivity contribution in [2.24, 2.45) is 0 Å². The minimum absolute atomic E-state index is 0.0188. The van der Waals surface area contributed by atoms with Gasteiger partial charge >= 0.3 is 12.0 Å². The number of halogens is 2. The summed E-state index contributed by atoms with van der Waals surface area (Å²) in [6, 6.07) is 13.5. The molecule has 1 aliphatic rings. The van der Waals surface area contributed by atoms with E-state index in [1.54, 1.807) is 12.1 Å². The van der Waals surface area contributed by atoms with Gasteiger partial charge in [0, 0.05) is 4.47 Å². The molecule has 0 radical (unpaired) electrons. The van der Waals surface area contributed by atoms with Crippen LogP contribution in [0.2, 0.25) is 0 Å². The molecule has 1 saturated heterocycles. The van der Waals surface area contributed by atoms with E-state index in [1.807, 2.05) is 24.3 Å². The number of furan rings is 1. The van der Waals surface area contributed by atoms with Gasteiger partial charge in [0.2, 0.25) is 5.76 Å². The predicted octanol–water partition coefficient (Wildman–Crippen LogP) is 5.27. The Morgan fingerprint density at radius 3 is 2.53 bits per heavy atom. The number of hydrogen-bond donors (Lipinski definition) is 1. The standard InChI is InChI=1S/C25H20Br2N2O7/c1-33-21-11-15(9-18(27)22(21)35-13-14-3-5-16(26)6-4-14)10-19-23(30)29(25(32)28-19)12-17-7-8-20(36-17)24(31)34-2/h3-11H,12-13H2,1-2H3,(H,28,32)/b19-10-. The highest BCUT2D eigenvalue weighted by Gasteiger charge is 2.34. The molecule has 1 aromatic heterocycles. The van der Waals surface area contributed by atoms with Crippen molar-refractivity contribution >= 4 is 55.8 Å². The Kier molecular flexibility index (Phi) is 7.80. The highest BCUT2D eigenvalue weighted by molar-refractivity contribution is 9.10. The van der Waals surface area contributed by atoms with Gasteiger partial charge in [-0.2, -0.15) is 0 Å². The molecule has 0 aliphatic carbocycles. The minimum atomic E-state index is -0.650. The summed E-state index contributed by atoms with van der Waals surface area (Å²) in [6.45, 7) is 0.186. The van der Waals surface area contributed by atoms with Crippen LogP contribution in [-0.2, 0) is 22.7 Å². The number of nitrogens with zero attached hydrogens (tertiary/aromatic N) is 1. The molecule has 4 rings (SSSR count). The predicted molar refractivity (Wildman–Crippen MR) is 136 cm³/mol. The second kappa shape index (κ2) is 11.0. The van der Waals surface area contributed by atoms with Crippen LogP contribution in [0.4, 0.5) is 4.79 Å². The van der Waals surface area contributed by atoms with E-state index in [1.165, 1.54) is 32.4 Å². The van der Waals surface area contributed by atoms with Gasteiger partial charge in [-0.15, -0.1) is 0 Å². The van der Waals surface area contributed by atoms with Gasteiger partial charge in [0.15, 0.2) is 11.5 Å². The molecule has 9 nitrogen and oxygen atoms in total. The van der Waals surface area contributed by atoms with Gasteiger partial charge in [-0.1, -0.05) is 28.1 Å². The molecule has 3 aromatic rings. The normalized spacial score (nSPS) is 14.2. The first-order valence-corrected chi connectivity index (χ1v) is 12.1. The van der Waals surface area contributed by atoms with Crippen LogP contribution in [-0.4, -0.2) is 37.0 Å². The Morgan fingerprint density at radius 2 is 1.83 bits per heavy atom. The van der Waals surface area contributed by atoms with Crippen LogP contribution in [0, 0.1) is 0 Å². The summed E-state index contributed by atoms with van der Waals surface area (Å²) in [5.74, 6) is 0.00847. The number of rotatable bonds is 8. The zero-order valence-electron chi connectivity index (χ0n) is 19.2. The molecular weight excluding hydrogens is 600 g/mol. The lowest BCUT2D eigenvalue weighted by atomic mass is 10.1. The Labute approximate surface area is 223 Å². The smallest absolute Gasteiger partial charge is 0.373 e. The number of imide groups is 1. The molecule has 1 N–H and O–H groups in total. The molecular formula is C25H20Br2N2O7. The molecule has 0 spiro atoms. The Bertz CT molecular complexity index is 1350. The third-order valence-electron chi connectivity index (χ3n) is 5.18. The summed E-state index contributed by atoms with van der Waals surface area (Å²) in [4.78, 5) is 37.9. The van der Waals surface area contributed by atoms with E-state index in [9.17, 15) is 14.4 Å². The minimum Gasteiger partial charge on any atom is -0.493 e. The third-order valence-corrected chi connectivity index (χ3v) is 6.30. The number of carbonyl (C=O) groups is 3. The second-order valence-electron chi connectivity index (χ2n) is 7.59. The number of ether oxygens (including phenoxy) is 3. The van der Waals surface area contributed by atoms with Crippen LogP contribution in [0.25, 0.3) is 6.08 Å². The molecule has 3 amide bonds. The van der Waals surface area contributed by atoms with Crippen molar-refractivity contribution in [2.45, 2.75) is 13.2 Å². The highest BCUT2D eigenvalue weighted by Crippen LogP contribution is 2.38. The monoisotopic (exact) mass is 618 g/mol. The van der Waals surface area contributed by atoms with Crippen molar-refractivity contribution in [3.05, 3.63) is 85.8 Å². The van der Waals surface area contributed by atoms with E-state index < -0.39 is 17.9 Å². The molecule has 2 heterocycles. The van der Waals surface area contributed by atoms with Crippen molar-refractivity contribution in [1.29, 1.82) is 0 Å². The fraction of sp³-hybridized carbons (Fsp3) is 0.160. The number of benzene rings is 2. The zero-order valence-corrected chi connectivity index (χ0v) is 22.3. The Hall–Kier alpha value is -3.57. The third kappa shape index (κ3) is 5.63. The molecule has 1 aliphatic heterocycles. The maximum atomic E-state index is 12.9. The van der Waals surface area contributed by atoms with Crippen LogP contribution in [0.5, 0.6) is 11.5 Å². The first-order valence-electron chi connectivity index (χ1n) is 10.6. The molecule has 0 atom stereocenters. The van der Waals surface area contributed by atoms with Gasteiger partial charge in [-0.25, -0.2) is 9.59 Å². The van der Waals surface area contributed by atoms with Crippen LogP contribution >= 0.6 is 31.9 Å². The topological polar surface area (TPSA) is 107 Å². The number of urea groups is 1. The molecule has 1 fully saturated rings. The van der Waals surface area contributed by atoms with Crippen LogP contribution in [0.1, 0.15) is 27.4 Å². The van der Waals surface area contributed by atoms with Crippen molar-refractivity contribution in [1.82, 2.24) is 10.2 Å². The lowest BCUT2D eigenvalue weighted by molar-refractivity contribution is -0.123. The molecule has 0 bridgehead atoms. The number of esters is 1. The molecule has 2 aromatic carbocycles. The largest absolute Gasteiger partial charge is 0.493 e. The zero-order chi connectivity index (χ0) is 25.8. The maximum absolute atomic E-state index is 12.9. The molecule has 0 saturated carbocycles. The fourth-order valence-electron chi connectivity index (χ4n) is 3.41. The van der Waals surface area contributed by atoms with E-state index in [4.69, 9.17) is 13.9 Å². The Morgan fingerprint density at radius 1 is 1.08 bits per heavy atom.